The average Bonchev–Trinajstić information content (AvgIpc) is 3.35. The number of ketones is 2. The summed E-state index contributed by atoms with van der Waals surface area (Å²) in [5.41, 5.74) is 2.51. The number of aromatic amines is 1. The number of carbonyl (C=O) groups excluding carboxylic acids is 2. The number of benzene rings is 1. The van der Waals surface area contributed by atoms with Crippen LogP contribution in [-0.4, -0.2) is 62.0 Å². The Bertz CT molecular complexity index is 1400. The van der Waals surface area contributed by atoms with Crippen LogP contribution >= 0.6 is 11.6 Å². The van der Waals surface area contributed by atoms with Gasteiger partial charge in [-0.2, -0.15) is 0 Å². The van der Waals surface area contributed by atoms with E-state index in [2.05, 4.69) is 25.3 Å². The Kier molecular flexibility index (Phi) is 7.04. The summed E-state index contributed by atoms with van der Waals surface area (Å²) in [7, 11) is 0. The molecule has 0 amide bonds. The van der Waals surface area contributed by atoms with Crippen LogP contribution in [0.2, 0.25) is 5.02 Å². The number of halogens is 1. The molecule has 0 saturated carbocycles. The second-order valence-corrected chi connectivity index (χ2v) is 9.09. The highest BCUT2D eigenvalue weighted by Gasteiger charge is 2.25. The lowest BCUT2D eigenvalue weighted by atomic mass is 9.99. The number of fused-ring (bicyclic) bond motifs is 1. The van der Waals surface area contributed by atoms with Gasteiger partial charge in [0.15, 0.2) is 11.6 Å². The van der Waals surface area contributed by atoms with Gasteiger partial charge in [0, 0.05) is 36.1 Å². The topological polar surface area (TPSA) is 130 Å². The van der Waals surface area contributed by atoms with E-state index in [0.29, 0.717) is 45.7 Å². The van der Waals surface area contributed by atoms with Crippen LogP contribution in [0.1, 0.15) is 44.7 Å². The van der Waals surface area contributed by atoms with Crippen LogP contribution in [0.15, 0.2) is 55.2 Å². The SMILES string of the molecule is O=C(Cc1ccc(C(=O)c2c[nH]c3ncnc(N[C@@H]4CC[C@H](CO)OC4)c23)c(Cl)c1)c1ccncc1. The van der Waals surface area contributed by atoms with E-state index in [1.807, 2.05) is 0 Å². The maximum atomic E-state index is 13.5. The molecule has 1 saturated heterocycles. The number of ether oxygens (including phenoxy) is 1. The van der Waals surface area contributed by atoms with Gasteiger partial charge in [-0.05, 0) is 42.7 Å². The number of aromatic nitrogens is 4. The minimum absolute atomic E-state index is 0.00161. The molecule has 1 aliphatic heterocycles. The van der Waals surface area contributed by atoms with E-state index in [0.717, 1.165) is 12.8 Å². The highest BCUT2D eigenvalue weighted by Crippen LogP contribution is 2.30. The molecule has 1 fully saturated rings. The lowest BCUT2D eigenvalue weighted by Gasteiger charge is -2.29. The standard InChI is InChI=1S/C26H24ClN5O4/c27-21-9-15(10-22(34)16-5-7-28-8-6-16)1-4-19(21)24(35)20-11-29-25-23(20)26(31-14-30-25)32-17-2-3-18(12-33)36-13-17/h1,4-9,11,14,17-18,33H,2-3,10,12-13H2,(H2,29,30,31,32)/t17-,18-/m1/s1. The summed E-state index contributed by atoms with van der Waals surface area (Å²) in [6, 6.07) is 8.34. The van der Waals surface area contributed by atoms with Crippen molar-refractivity contribution in [2.75, 3.05) is 18.5 Å². The molecule has 0 aliphatic carbocycles. The van der Waals surface area contributed by atoms with E-state index in [1.165, 1.54) is 6.33 Å². The number of carbonyl (C=O) groups is 2. The molecule has 1 aliphatic rings. The molecule has 9 nitrogen and oxygen atoms in total. The summed E-state index contributed by atoms with van der Waals surface area (Å²) in [5.74, 6) is 0.182. The highest BCUT2D eigenvalue weighted by molar-refractivity contribution is 6.35. The third kappa shape index (κ3) is 4.99. The molecule has 4 aromatic rings. The van der Waals surface area contributed by atoms with Gasteiger partial charge in [-0.1, -0.05) is 17.7 Å². The minimum Gasteiger partial charge on any atom is -0.394 e. The fourth-order valence-corrected chi connectivity index (χ4v) is 4.62. The molecule has 3 N–H and O–H groups in total. The second kappa shape index (κ2) is 10.5. The van der Waals surface area contributed by atoms with E-state index in [-0.39, 0.29) is 41.8 Å². The smallest absolute Gasteiger partial charge is 0.196 e. The summed E-state index contributed by atoms with van der Waals surface area (Å²) >= 11 is 6.51. The van der Waals surface area contributed by atoms with Crippen LogP contribution in [0.3, 0.4) is 0 Å². The predicted octanol–water partition coefficient (Wildman–Crippen LogP) is 3.61. The van der Waals surface area contributed by atoms with Crippen LogP contribution in [0.25, 0.3) is 11.0 Å². The van der Waals surface area contributed by atoms with E-state index in [4.69, 9.17) is 16.3 Å². The molecule has 4 heterocycles. The molecular weight excluding hydrogens is 482 g/mol. The molecule has 1 aromatic carbocycles. The monoisotopic (exact) mass is 505 g/mol. The summed E-state index contributed by atoms with van der Waals surface area (Å²) < 4.78 is 5.66. The predicted molar refractivity (Wildman–Crippen MR) is 135 cm³/mol. The number of anilines is 1. The quantitative estimate of drug-likeness (QED) is 0.309. The zero-order valence-electron chi connectivity index (χ0n) is 19.3. The van der Waals surface area contributed by atoms with Crippen molar-refractivity contribution in [3.63, 3.8) is 0 Å². The van der Waals surface area contributed by atoms with Crippen molar-refractivity contribution in [3.8, 4) is 0 Å². The maximum absolute atomic E-state index is 13.5. The Hall–Kier alpha value is -3.66. The van der Waals surface area contributed by atoms with Crippen LogP contribution in [-0.2, 0) is 11.2 Å². The van der Waals surface area contributed by atoms with Gasteiger partial charge in [0.2, 0.25) is 0 Å². The number of pyridine rings is 1. The Morgan fingerprint density at radius 2 is 1.97 bits per heavy atom. The van der Waals surface area contributed by atoms with E-state index in [1.54, 1.807) is 48.9 Å². The number of aliphatic hydroxyl groups is 1. The summed E-state index contributed by atoms with van der Waals surface area (Å²) in [6.07, 6.45) is 7.71. The van der Waals surface area contributed by atoms with Crippen molar-refractivity contribution in [1.29, 1.82) is 0 Å². The second-order valence-electron chi connectivity index (χ2n) is 8.68. The highest BCUT2D eigenvalue weighted by atomic mass is 35.5. The summed E-state index contributed by atoms with van der Waals surface area (Å²) in [5, 5.41) is 13.5. The van der Waals surface area contributed by atoms with Gasteiger partial charge < -0.3 is 20.1 Å². The Morgan fingerprint density at radius 3 is 2.69 bits per heavy atom. The van der Waals surface area contributed by atoms with Gasteiger partial charge in [0.05, 0.1) is 41.3 Å². The van der Waals surface area contributed by atoms with Crippen molar-refractivity contribution in [2.45, 2.75) is 31.4 Å². The van der Waals surface area contributed by atoms with Crippen molar-refractivity contribution >= 4 is 40.0 Å². The third-order valence-corrected chi connectivity index (χ3v) is 6.59. The van der Waals surface area contributed by atoms with Gasteiger partial charge in [0.1, 0.15) is 17.8 Å². The number of rotatable bonds is 8. The molecule has 3 aromatic heterocycles. The number of aliphatic hydroxyl groups excluding tert-OH is 1. The first-order chi connectivity index (χ1) is 17.5. The van der Waals surface area contributed by atoms with Gasteiger partial charge >= 0.3 is 0 Å². The largest absolute Gasteiger partial charge is 0.394 e. The fraction of sp³-hybridized carbons (Fsp3) is 0.269. The number of nitrogens with one attached hydrogen (secondary N) is 2. The molecule has 2 atom stereocenters. The zero-order chi connectivity index (χ0) is 25.1. The molecule has 10 heteroatoms. The van der Waals surface area contributed by atoms with Crippen LogP contribution < -0.4 is 5.32 Å². The average molecular weight is 506 g/mol. The molecule has 0 radical (unpaired) electrons. The first-order valence-corrected chi connectivity index (χ1v) is 12.0. The van der Waals surface area contributed by atoms with E-state index < -0.39 is 0 Å². The number of nitrogens with zero attached hydrogens (tertiary/aromatic N) is 3. The lowest BCUT2D eigenvalue weighted by molar-refractivity contribution is -0.0224. The molecule has 0 spiro atoms. The first-order valence-electron chi connectivity index (χ1n) is 11.6. The van der Waals surface area contributed by atoms with Gasteiger partial charge in [-0.3, -0.25) is 14.6 Å². The Labute approximate surface area is 211 Å². The van der Waals surface area contributed by atoms with Crippen LogP contribution in [0.5, 0.6) is 0 Å². The molecule has 184 valence electrons. The molecule has 36 heavy (non-hydrogen) atoms. The minimum atomic E-state index is -0.281. The van der Waals surface area contributed by atoms with Crippen molar-refractivity contribution in [2.24, 2.45) is 0 Å². The molecule has 0 unspecified atom stereocenters. The number of H-pyrrole nitrogens is 1. The van der Waals surface area contributed by atoms with Crippen molar-refractivity contribution in [3.05, 3.63) is 82.5 Å². The Morgan fingerprint density at radius 1 is 1.14 bits per heavy atom. The van der Waals surface area contributed by atoms with Crippen LogP contribution in [0, 0.1) is 0 Å². The molecule has 5 rings (SSSR count). The molecular formula is C26H24ClN5O4. The summed E-state index contributed by atoms with van der Waals surface area (Å²) in [4.78, 5) is 41.6. The number of hydrogen-bond acceptors (Lipinski definition) is 8. The molecule has 0 bridgehead atoms. The normalized spacial score (nSPS) is 17.7. The van der Waals surface area contributed by atoms with Gasteiger partial charge in [-0.25, -0.2) is 9.97 Å². The van der Waals surface area contributed by atoms with E-state index in [9.17, 15) is 14.7 Å². The zero-order valence-corrected chi connectivity index (χ0v) is 20.0. The van der Waals surface area contributed by atoms with E-state index >= 15 is 0 Å². The maximum Gasteiger partial charge on any atom is 0.196 e. The third-order valence-electron chi connectivity index (χ3n) is 6.27. The first kappa shape index (κ1) is 24.1. The fourth-order valence-electron chi connectivity index (χ4n) is 4.33. The summed E-state index contributed by atoms with van der Waals surface area (Å²) in [6.45, 7) is 0.425. The van der Waals surface area contributed by atoms with Crippen molar-refractivity contribution < 1.29 is 19.4 Å². The van der Waals surface area contributed by atoms with Crippen LogP contribution in [0.4, 0.5) is 5.82 Å². The van der Waals surface area contributed by atoms with Gasteiger partial charge in [0.25, 0.3) is 0 Å². The van der Waals surface area contributed by atoms with Gasteiger partial charge in [-0.15, -0.1) is 0 Å². The van der Waals surface area contributed by atoms with Crippen molar-refractivity contribution in [1.82, 2.24) is 19.9 Å². The number of Topliss-reactive ketones (excluding diaryl/α,β-unsaturated/α-hetero) is 1. The number of hydrogen-bond donors (Lipinski definition) is 3. The lowest BCUT2D eigenvalue weighted by Crippen LogP contribution is -2.36. The Balaban J connectivity index is 1.38.